The van der Waals surface area contributed by atoms with E-state index < -0.39 is 10.0 Å². The molecule has 0 aliphatic carbocycles. The van der Waals surface area contributed by atoms with Crippen LogP contribution in [0.3, 0.4) is 0 Å². The van der Waals surface area contributed by atoms with Crippen molar-refractivity contribution in [1.82, 2.24) is 0 Å². The molecule has 7 nitrogen and oxygen atoms in total. The number of hydrogen-bond acceptors (Lipinski definition) is 4. The Morgan fingerprint density at radius 3 is 2.04 bits per heavy atom. The number of aromatic hydroxyl groups is 1. The van der Waals surface area contributed by atoms with Gasteiger partial charge in [0, 0.05) is 24.1 Å². The number of rotatable bonds is 4. The maximum absolute atomic E-state index is 12.2. The second-order valence-corrected chi connectivity index (χ2v) is 6.71. The van der Waals surface area contributed by atoms with Crippen LogP contribution < -0.4 is 14.9 Å². The number of phenolic OH excluding ortho intramolecular Hbond substituents is 1. The summed E-state index contributed by atoms with van der Waals surface area (Å²) in [6.45, 7) is 0. The highest BCUT2D eigenvalue weighted by molar-refractivity contribution is 7.92. The second kappa shape index (κ2) is 6.57. The SMILES string of the molecule is CN(C(=O)Nc1ccc(NS(C)(=O)=O)cc1)c1ccc(O)cc1. The van der Waals surface area contributed by atoms with Crippen molar-refractivity contribution < 1.29 is 18.3 Å². The highest BCUT2D eigenvalue weighted by Gasteiger charge is 2.11. The van der Waals surface area contributed by atoms with E-state index in [0.717, 1.165) is 6.26 Å². The van der Waals surface area contributed by atoms with Gasteiger partial charge in [-0.15, -0.1) is 0 Å². The molecule has 0 saturated carbocycles. The van der Waals surface area contributed by atoms with Gasteiger partial charge in [-0.25, -0.2) is 13.2 Å². The number of sulfonamides is 1. The third kappa shape index (κ3) is 4.89. The first-order valence-electron chi connectivity index (χ1n) is 6.66. The Balaban J connectivity index is 2.03. The van der Waals surface area contributed by atoms with Gasteiger partial charge in [-0.05, 0) is 48.5 Å². The van der Waals surface area contributed by atoms with Gasteiger partial charge in [-0.3, -0.25) is 9.62 Å². The van der Waals surface area contributed by atoms with E-state index in [2.05, 4.69) is 10.0 Å². The monoisotopic (exact) mass is 335 g/mol. The number of nitrogens with one attached hydrogen (secondary N) is 2. The predicted molar refractivity (Wildman–Crippen MR) is 90.4 cm³/mol. The zero-order valence-electron chi connectivity index (χ0n) is 12.6. The molecule has 2 aromatic carbocycles. The van der Waals surface area contributed by atoms with Crippen molar-refractivity contribution in [3.8, 4) is 5.75 Å². The molecule has 0 unspecified atom stereocenters. The van der Waals surface area contributed by atoms with Gasteiger partial charge in [0.1, 0.15) is 5.75 Å². The van der Waals surface area contributed by atoms with Crippen LogP contribution >= 0.6 is 0 Å². The lowest BCUT2D eigenvalue weighted by molar-refractivity contribution is 0.258. The van der Waals surface area contributed by atoms with Gasteiger partial charge in [0.15, 0.2) is 0 Å². The van der Waals surface area contributed by atoms with E-state index in [0.29, 0.717) is 17.1 Å². The van der Waals surface area contributed by atoms with E-state index in [1.54, 1.807) is 43.4 Å². The molecule has 0 aliphatic rings. The van der Waals surface area contributed by atoms with Gasteiger partial charge in [0.25, 0.3) is 0 Å². The molecule has 3 N–H and O–H groups in total. The number of nitrogens with zero attached hydrogens (tertiary/aromatic N) is 1. The highest BCUT2D eigenvalue weighted by Crippen LogP contribution is 2.19. The normalized spacial score (nSPS) is 10.9. The molecule has 23 heavy (non-hydrogen) atoms. The molecule has 0 bridgehead atoms. The molecule has 122 valence electrons. The summed E-state index contributed by atoms with van der Waals surface area (Å²) in [5.74, 6) is 0.122. The van der Waals surface area contributed by atoms with Crippen molar-refractivity contribution in [2.75, 3.05) is 28.2 Å². The maximum atomic E-state index is 12.2. The Kier molecular flexibility index (Phi) is 4.75. The summed E-state index contributed by atoms with van der Waals surface area (Å²) in [6.07, 6.45) is 1.06. The molecule has 2 rings (SSSR count). The highest BCUT2D eigenvalue weighted by atomic mass is 32.2. The van der Waals surface area contributed by atoms with Crippen LogP contribution in [0.2, 0.25) is 0 Å². The molecule has 2 amide bonds. The van der Waals surface area contributed by atoms with Crippen LogP contribution in [-0.4, -0.2) is 32.9 Å². The molecule has 0 radical (unpaired) electrons. The average molecular weight is 335 g/mol. The van der Waals surface area contributed by atoms with Gasteiger partial charge in [0.2, 0.25) is 10.0 Å². The number of hydrogen-bond donors (Lipinski definition) is 3. The van der Waals surface area contributed by atoms with Crippen LogP contribution in [0.25, 0.3) is 0 Å². The minimum Gasteiger partial charge on any atom is -0.508 e. The van der Waals surface area contributed by atoms with E-state index >= 15 is 0 Å². The Morgan fingerprint density at radius 2 is 1.52 bits per heavy atom. The Bertz CT molecular complexity index is 786. The average Bonchev–Trinajstić information content (AvgIpc) is 2.48. The number of carbonyl (C=O) groups excluding carboxylic acids is 1. The van der Waals surface area contributed by atoms with Gasteiger partial charge < -0.3 is 10.4 Å². The van der Waals surface area contributed by atoms with Crippen LogP contribution in [0, 0.1) is 0 Å². The number of carbonyl (C=O) groups is 1. The zero-order chi connectivity index (χ0) is 17.0. The number of benzene rings is 2. The molecule has 0 heterocycles. The Labute approximate surface area is 134 Å². The van der Waals surface area contributed by atoms with Crippen LogP contribution in [0.15, 0.2) is 48.5 Å². The number of amides is 2. The largest absolute Gasteiger partial charge is 0.508 e. The molecule has 0 aromatic heterocycles. The Morgan fingerprint density at radius 1 is 1.00 bits per heavy atom. The fourth-order valence-electron chi connectivity index (χ4n) is 1.84. The van der Waals surface area contributed by atoms with Crippen LogP contribution in [0.4, 0.5) is 21.9 Å². The van der Waals surface area contributed by atoms with Crippen LogP contribution in [0.1, 0.15) is 0 Å². The fraction of sp³-hybridized carbons (Fsp3) is 0.133. The first kappa shape index (κ1) is 16.6. The van der Waals surface area contributed by atoms with E-state index in [1.807, 2.05) is 0 Å². The number of phenols is 1. The van der Waals surface area contributed by atoms with Gasteiger partial charge in [-0.2, -0.15) is 0 Å². The molecule has 8 heteroatoms. The van der Waals surface area contributed by atoms with Gasteiger partial charge in [0.05, 0.1) is 6.26 Å². The van der Waals surface area contributed by atoms with Crippen LogP contribution in [-0.2, 0) is 10.0 Å². The van der Waals surface area contributed by atoms with Crippen molar-refractivity contribution in [2.45, 2.75) is 0 Å². The second-order valence-electron chi connectivity index (χ2n) is 4.96. The third-order valence-corrected chi connectivity index (χ3v) is 3.59. The summed E-state index contributed by atoms with van der Waals surface area (Å²) < 4.78 is 24.6. The lowest BCUT2D eigenvalue weighted by Gasteiger charge is -2.18. The molecule has 0 saturated heterocycles. The fourth-order valence-corrected chi connectivity index (χ4v) is 2.40. The summed E-state index contributed by atoms with van der Waals surface area (Å²) in [4.78, 5) is 13.5. The summed E-state index contributed by atoms with van der Waals surface area (Å²) in [5.41, 5.74) is 1.56. The molecule has 0 atom stereocenters. The zero-order valence-corrected chi connectivity index (χ0v) is 13.5. The van der Waals surface area contributed by atoms with Crippen molar-refractivity contribution in [2.24, 2.45) is 0 Å². The topological polar surface area (TPSA) is 98.7 Å². The lowest BCUT2D eigenvalue weighted by atomic mass is 10.3. The smallest absolute Gasteiger partial charge is 0.326 e. The van der Waals surface area contributed by atoms with Gasteiger partial charge in [-0.1, -0.05) is 0 Å². The van der Waals surface area contributed by atoms with Crippen molar-refractivity contribution in [3.63, 3.8) is 0 Å². The number of urea groups is 1. The summed E-state index contributed by atoms with van der Waals surface area (Å²) in [7, 11) is -1.73. The standard InChI is InChI=1S/C15H17N3O4S/c1-18(13-7-9-14(19)10-8-13)15(20)16-11-3-5-12(6-4-11)17-23(2,21)22/h3-10,17,19H,1-2H3,(H,16,20). The molecular formula is C15H17N3O4S. The Hall–Kier alpha value is -2.74. The van der Waals surface area contributed by atoms with Crippen molar-refractivity contribution in [3.05, 3.63) is 48.5 Å². The van der Waals surface area contributed by atoms with Gasteiger partial charge >= 0.3 is 6.03 Å². The molecule has 0 aliphatic heterocycles. The minimum atomic E-state index is -3.33. The minimum absolute atomic E-state index is 0.122. The van der Waals surface area contributed by atoms with E-state index in [4.69, 9.17) is 0 Å². The van der Waals surface area contributed by atoms with E-state index in [1.165, 1.54) is 17.0 Å². The maximum Gasteiger partial charge on any atom is 0.326 e. The van der Waals surface area contributed by atoms with Crippen LogP contribution in [0.5, 0.6) is 5.75 Å². The molecule has 0 fully saturated rings. The first-order chi connectivity index (χ1) is 10.7. The summed E-state index contributed by atoms with van der Waals surface area (Å²) >= 11 is 0. The van der Waals surface area contributed by atoms with Crippen molar-refractivity contribution in [1.29, 1.82) is 0 Å². The predicted octanol–water partition coefficient (Wildman–Crippen LogP) is 2.43. The lowest BCUT2D eigenvalue weighted by Crippen LogP contribution is -2.31. The number of anilines is 3. The van der Waals surface area contributed by atoms with Crippen molar-refractivity contribution >= 4 is 33.1 Å². The quantitative estimate of drug-likeness (QED) is 0.799. The molecular weight excluding hydrogens is 318 g/mol. The van der Waals surface area contributed by atoms with E-state index in [9.17, 15) is 18.3 Å². The third-order valence-electron chi connectivity index (χ3n) is 2.98. The molecule has 0 spiro atoms. The summed E-state index contributed by atoms with van der Waals surface area (Å²) in [5, 5.41) is 11.9. The van der Waals surface area contributed by atoms with E-state index in [-0.39, 0.29) is 11.8 Å². The first-order valence-corrected chi connectivity index (χ1v) is 8.55. The summed E-state index contributed by atoms with van der Waals surface area (Å²) in [6, 6.07) is 12.2. The molecule has 2 aromatic rings.